The van der Waals surface area contributed by atoms with E-state index in [1.165, 1.54) is 0 Å². The first-order valence-corrected chi connectivity index (χ1v) is 13.6. The molecule has 0 radical (unpaired) electrons. The number of cyclic esters (lactones) is 1. The lowest BCUT2D eigenvalue weighted by atomic mass is 9.80. The number of nitrogens with zero attached hydrogens (tertiary/aromatic N) is 1. The quantitative estimate of drug-likeness (QED) is 0.393. The molecule has 36 heavy (non-hydrogen) atoms. The number of carbonyl (C=O) groups excluding carboxylic acids is 3. The van der Waals surface area contributed by atoms with Gasteiger partial charge < -0.3 is 19.1 Å². The predicted molar refractivity (Wildman–Crippen MR) is 140 cm³/mol. The number of hydrogen-bond acceptors (Lipinski definition) is 7. The summed E-state index contributed by atoms with van der Waals surface area (Å²) in [5, 5.41) is 0. The van der Waals surface area contributed by atoms with Crippen LogP contribution in [-0.2, 0) is 28.6 Å². The Hall–Kier alpha value is -1.57. The Balaban J connectivity index is 2.40. The molecule has 0 aliphatic carbocycles. The van der Waals surface area contributed by atoms with Crippen LogP contribution in [-0.4, -0.2) is 66.7 Å². The molecule has 7 nitrogen and oxygen atoms in total. The Kier molecular flexibility index (Phi) is 10.9. The van der Waals surface area contributed by atoms with E-state index >= 15 is 0 Å². The second kappa shape index (κ2) is 12.8. The standard InChI is InChI=1S/C29H49NO6/c1-11-29(8)13-12-17(2)25(31)18(3)14-19(4)27(21(6)26(32)22(7)28(33)36-29)35-24-16-23(30(9)10)15-20(5)34-24/h12,18-24,27H,11,13-16H2,1-10H3/b17-12+/t18-,19+,20-,21+,22-,23+,24+,27+,29?/m1/s1. The molecule has 2 aliphatic heterocycles. The van der Waals surface area contributed by atoms with Crippen molar-refractivity contribution in [1.82, 2.24) is 4.90 Å². The molecule has 2 rings (SSSR count). The molecule has 9 atom stereocenters. The normalized spacial score (nSPS) is 41.4. The van der Waals surface area contributed by atoms with Crippen molar-refractivity contribution in [3.05, 3.63) is 11.6 Å². The van der Waals surface area contributed by atoms with Crippen molar-refractivity contribution in [2.45, 2.75) is 118 Å². The Morgan fingerprint density at radius 2 is 1.69 bits per heavy atom. The van der Waals surface area contributed by atoms with Crippen molar-refractivity contribution < 1.29 is 28.6 Å². The van der Waals surface area contributed by atoms with Gasteiger partial charge in [0.1, 0.15) is 11.5 Å². The molecule has 2 heterocycles. The zero-order valence-electron chi connectivity index (χ0n) is 24.1. The fourth-order valence-electron chi connectivity index (χ4n) is 5.42. The molecule has 0 aromatic carbocycles. The lowest BCUT2D eigenvalue weighted by molar-refractivity contribution is -0.236. The van der Waals surface area contributed by atoms with Crippen molar-refractivity contribution in [1.29, 1.82) is 0 Å². The van der Waals surface area contributed by atoms with Gasteiger partial charge in [0.25, 0.3) is 0 Å². The second-order valence-electron chi connectivity index (χ2n) is 11.8. The lowest BCUT2D eigenvalue weighted by Gasteiger charge is -2.41. The van der Waals surface area contributed by atoms with Crippen LogP contribution in [0.2, 0.25) is 0 Å². The van der Waals surface area contributed by atoms with Gasteiger partial charge in [-0.15, -0.1) is 0 Å². The van der Waals surface area contributed by atoms with Gasteiger partial charge in [-0.2, -0.15) is 0 Å². The second-order valence-corrected chi connectivity index (χ2v) is 11.8. The summed E-state index contributed by atoms with van der Waals surface area (Å²) in [5.41, 5.74) is -0.101. The van der Waals surface area contributed by atoms with Crippen LogP contribution in [0.4, 0.5) is 0 Å². The summed E-state index contributed by atoms with van der Waals surface area (Å²) in [5.74, 6) is -2.44. The molecular weight excluding hydrogens is 458 g/mol. The maximum absolute atomic E-state index is 13.5. The van der Waals surface area contributed by atoms with E-state index in [-0.39, 0.29) is 29.5 Å². The Morgan fingerprint density at radius 3 is 2.28 bits per heavy atom. The highest BCUT2D eigenvalue weighted by Gasteiger charge is 2.41. The Bertz CT molecular complexity index is 823. The highest BCUT2D eigenvalue weighted by atomic mass is 16.7. The monoisotopic (exact) mass is 507 g/mol. The van der Waals surface area contributed by atoms with Gasteiger partial charge in [0.2, 0.25) is 0 Å². The van der Waals surface area contributed by atoms with Crippen LogP contribution in [0, 0.1) is 23.7 Å². The van der Waals surface area contributed by atoms with Gasteiger partial charge in [-0.3, -0.25) is 14.4 Å². The number of ketones is 2. The molecule has 0 aromatic heterocycles. The van der Waals surface area contributed by atoms with Crippen LogP contribution in [0.5, 0.6) is 0 Å². The van der Waals surface area contributed by atoms with Crippen molar-refractivity contribution in [2.75, 3.05) is 14.1 Å². The SMILES string of the molecule is CCC1(C)C/C=C(\C)C(=O)[C@H](C)C[C@H](C)[C@H](O[C@H]2C[C@@H](N(C)C)C[C@@H](C)O2)[C@@H](C)C(=O)[C@@H](C)C(=O)O1. The minimum atomic E-state index is -0.906. The Morgan fingerprint density at radius 1 is 1.06 bits per heavy atom. The molecule has 0 bridgehead atoms. The summed E-state index contributed by atoms with van der Waals surface area (Å²) in [6.07, 6.45) is 4.15. The number of ether oxygens (including phenoxy) is 3. The Labute approximate surface area is 218 Å². The fraction of sp³-hybridized carbons (Fsp3) is 0.828. The summed E-state index contributed by atoms with van der Waals surface area (Å²) >= 11 is 0. The van der Waals surface area contributed by atoms with Gasteiger partial charge in [0.05, 0.1) is 12.2 Å². The molecule has 1 fully saturated rings. The minimum absolute atomic E-state index is 0.0323. The smallest absolute Gasteiger partial charge is 0.316 e. The molecule has 0 N–H and O–H groups in total. The number of rotatable bonds is 4. The van der Waals surface area contributed by atoms with Crippen LogP contribution >= 0.6 is 0 Å². The van der Waals surface area contributed by atoms with Gasteiger partial charge in [0.15, 0.2) is 17.9 Å². The largest absolute Gasteiger partial charge is 0.459 e. The van der Waals surface area contributed by atoms with Gasteiger partial charge in [-0.1, -0.05) is 33.8 Å². The minimum Gasteiger partial charge on any atom is -0.459 e. The fourth-order valence-corrected chi connectivity index (χ4v) is 5.42. The zero-order valence-corrected chi connectivity index (χ0v) is 24.1. The number of allylic oxidation sites excluding steroid dienone is 1. The summed E-state index contributed by atoms with van der Waals surface area (Å²) in [7, 11) is 4.10. The van der Waals surface area contributed by atoms with Gasteiger partial charge in [0, 0.05) is 30.7 Å². The van der Waals surface area contributed by atoms with Gasteiger partial charge >= 0.3 is 5.97 Å². The third-order valence-electron chi connectivity index (χ3n) is 8.27. The highest BCUT2D eigenvalue weighted by molar-refractivity contribution is 6.00. The summed E-state index contributed by atoms with van der Waals surface area (Å²) < 4.78 is 18.5. The summed E-state index contributed by atoms with van der Waals surface area (Å²) in [6.45, 7) is 15.1. The van der Waals surface area contributed by atoms with Crippen LogP contribution < -0.4 is 0 Å². The average Bonchev–Trinajstić information content (AvgIpc) is 2.82. The first kappa shape index (κ1) is 30.7. The van der Waals surface area contributed by atoms with Crippen molar-refractivity contribution in [2.24, 2.45) is 23.7 Å². The lowest BCUT2D eigenvalue weighted by Crippen LogP contribution is -2.47. The first-order valence-electron chi connectivity index (χ1n) is 13.6. The third-order valence-corrected chi connectivity index (χ3v) is 8.27. The number of Topliss-reactive ketones (excluding diaryl/α,β-unsaturated/α-hetero) is 2. The van der Waals surface area contributed by atoms with E-state index in [1.54, 1.807) is 6.92 Å². The van der Waals surface area contributed by atoms with Gasteiger partial charge in [-0.25, -0.2) is 0 Å². The zero-order chi connectivity index (χ0) is 27.4. The van der Waals surface area contributed by atoms with Crippen molar-refractivity contribution >= 4 is 17.5 Å². The van der Waals surface area contributed by atoms with Crippen LogP contribution in [0.1, 0.15) is 87.5 Å². The van der Waals surface area contributed by atoms with Crippen LogP contribution in [0.25, 0.3) is 0 Å². The highest BCUT2D eigenvalue weighted by Crippen LogP contribution is 2.33. The molecule has 0 spiro atoms. The van der Waals surface area contributed by atoms with E-state index in [4.69, 9.17) is 14.2 Å². The molecule has 0 amide bonds. The van der Waals surface area contributed by atoms with E-state index < -0.39 is 35.8 Å². The number of esters is 1. The van der Waals surface area contributed by atoms with Gasteiger partial charge in [-0.05, 0) is 72.5 Å². The molecule has 7 heteroatoms. The number of carbonyl (C=O) groups is 3. The van der Waals surface area contributed by atoms with Crippen molar-refractivity contribution in [3.63, 3.8) is 0 Å². The van der Waals surface area contributed by atoms with E-state index in [9.17, 15) is 14.4 Å². The average molecular weight is 508 g/mol. The molecule has 1 saturated heterocycles. The summed E-state index contributed by atoms with van der Waals surface area (Å²) in [6, 6.07) is 0.312. The topological polar surface area (TPSA) is 82.1 Å². The molecular formula is C29H49NO6. The molecule has 206 valence electrons. The number of hydrogen-bond donors (Lipinski definition) is 0. The third kappa shape index (κ3) is 7.72. The van der Waals surface area contributed by atoms with Crippen LogP contribution in [0.3, 0.4) is 0 Å². The molecule has 2 aliphatic rings. The molecule has 0 saturated carbocycles. The van der Waals surface area contributed by atoms with E-state index in [2.05, 4.69) is 19.0 Å². The molecule has 0 aromatic rings. The predicted octanol–water partition coefficient (Wildman–Crippen LogP) is 4.96. The van der Waals surface area contributed by atoms with E-state index in [0.717, 1.165) is 6.42 Å². The van der Waals surface area contributed by atoms with Crippen LogP contribution in [0.15, 0.2) is 11.6 Å². The maximum Gasteiger partial charge on any atom is 0.316 e. The summed E-state index contributed by atoms with van der Waals surface area (Å²) in [4.78, 5) is 41.9. The first-order chi connectivity index (χ1) is 16.7. The van der Waals surface area contributed by atoms with Crippen molar-refractivity contribution in [3.8, 4) is 0 Å². The molecule has 1 unspecified atom stereocenters. The van der Waals surface area contributed by atoms with E-state index in [1.807, 2.05) is 54.5 Å². The van der Waals surface area contributed by atoms with E-state index in [0.29, 0.717) is 37.3 Å². The maximum atomic E-state index is 13.5.